The van der Waals surface area contributed by atoms with E-state index in [0.29, 0.717) is 17.7 Å². The van der Waals surface area contributed by atoms with E-state index in [1.54, 1.807) is 55.5 Å². The third kappa shape index (κ3) is 4.42. The van der Waals surface area contributed by atoms with E-state index < -0.39 is 36.0 Å². The minimum absolute atomic E-state index is 0.324. The average Bonchev–Trinajstić information content (AvgIpc) is 3.04. The van der Waals surface area contributed by atoms with Crippen molar-refractivity contribution in [1.29, 1.82) is 0 Å². The Morgan fingerprint density at radius 1 is 1.00 bits per heavy atom. The number of nitrogens with one attached hydrogen (secondary N) is 3. The van der Waals surface area contributed by atoms with Crippen molar-refractivity contribution in [3.63, 3.8) is 0 Å². The van der Waals surface area contributed by atoms with Crippen LogP contribution in [0.2, 0.25) is 0 Å². The molecule has 0 bridgehead atoms. The average molecular weight is 422 g/mol. The molecule has 0 aromatic heterocycles. The Bertz CT molecular complexity index is 923. The highest BCUT2D eigenvalue weighted by Crippen LogP contribution is 2.35. The molecule has 0 aliphatic carbocycles. The lowest BCUT2D eigenvalue weighted by Crippen LogP contribution is -2.49. The van der Waals surface area contributed by atoms with E-state index in [-0.39, 0.29) is 5.91 Å². The first-order valence-electron chi connectivity index (χ1n) is 10.2. The number of amides is 5. The lowest BCUT2D eigenvalue weighted by atomic mass is 9.82. The maximum Gasteiger partial charge on any atom is 0.326 e. The van der Waals surface area contributed by atoms with Gasteiger partial charge in [-0.2, -0.15) is 0 Å². The zero-order valence-electron chi connectivity index (χ0n) is 17.6. The Kier molecular flexibility index (Phi) is 6.69. The monoisotopic (exact) mass is 422 g/mol. The molecule has 3 N–H and O–H groups in total. The van der Waals surface area contributed by atoms with Crippen LogP contribution in [-0.4, -0.2) is 47.8 Å². The molecule has 0 unspecified atom stereocenters. The second-order valence-corrected chi connectivity index (χ2v) is 7.38. The van der Waals surface area contributed by atoms with E-state index >= 15 is 0 Å². The number of hydrogen-bond acceptors (Lipinski definition) is 4. The van der Waals surface area contributed by atoms with Gasteiger partial charge in [0, 0.05) is 6.54 Å². The van der Waals surface area contributed by atoms with E-state index in [1.165, 1.54) is 0 Å². The Morgan fingerprint density at radius 2 is 1.55 bits per heavy atom. The normalized spacial score (nSPS) is 15.9. The molecule has 0 saturated carbocycles. The van der Waals surface area contributed by atoms with Crippen LogP contribution in [-0.2, 0) is 19.9 Å². The van der Waals surface area contributed by atoms with Crippen LogP contribution in [0.3, 0.4) is 0 Å². The molecule has 1 aliphatic heterocycles. The van der Waals surface area contributed by atoms with Crippen molar-refractivity contribution in [3.8, 4) is 0 Å². The van der Waals surface area contributed by atoms with Gasteiger partial charge in [-0.25, -0.2) is 4.79 Å². The third-order valence-corrected chi connectivity index (χ3v) is 5.14. The van der Waals surface area contributed by atoms with Crippen molar-refractivity contribution in [2.45, 2.75) is 31.8 Å². The fourth-order valence-electron chi connectivity index (χ4n) is 3.55. The molecule has 2 aromatic carbocycles. The lowest BCUT2D eigenvalue weighted by Gasteiger charge is -2.28. The predicted molar refractivity (Wildman–Crippen MR) is 115 cm³/mol. The van der Waals surface area contributed by atoms with Crippen LogP contribution in [0.25, 0.3) is 0 Å². The Labute approximate surface area is 181 Å². The number of rotatable bonds is 8. The molecule has 0 spiro atoms. The van der Waals surface area contributed by atoms with Gasteiger partial charge in [-0.15, -0.1) is 0 Å². The van der Waals surface area contributed by atoms with Crippen molar-refractivity contribution in [3.05, 3.63) is 71.8 Å². The van der Waals surface area contributed by atoms with E-state index in [0.717, 1.165) is 11.3 Å². The Hall–Kier alpha value is -3.68. The number of imide groups is 1. The first-order valence-corrected chi connectivity index (χ1v) is 10.2. The minimum Gasteiger partial charge on any atom is -0.354 e. The molecule has 1 aliphatic rings. The minimum atomic E-state index is -1.43. The molecule has 1 saturated heterocycles. The van der Waals surface area contributed by atoms with Gasteiger partial charge in [0.1, 0.15) is 12.6 Å². The van der Waals surface area contributed by atoms with Crippen LogP contribution < -0.4 is 16.0 Å². The SMILES string of the molecule is CCCNC(=O)[C@@H](C)NC(=O)CN1C(=O)NC(c2ccccc2)(c2ccccc2)C1=O. The molecule has 2 aromatic rings. The fourth-order valence-corrected chi connectivity index (χ4v) is 3.55. The zero-order valence-corrected chi connectivity index (χ0v) is 17.6. The summed E-state index contributed by atoms with van der Waals surface area (Å²) < 4.78 is 0. The maximum absolute atomic E-state index is 13.5. The van der Waals surface area contributed by atoms with Gasteiger partial charge < -0.3 is 16.0 Å². The molecular formula is C23H26N4O4. The van der Waals surface area contributed by atoms with Crippen LogP contribution in [0.5, 0.6) is 0 Å². The third-order valence-electron chi connectivity index (χ3n) is 5.14. The number of benzene rings is 2. The summed E-state index contributed by atoms with van der Waals surface area (Å²) in [5.41, 5.74) is -0.242. The van der Waals surface area contributed by atoms with Gasteiger partial charge in [-0.1, -0.05) is 67.6 Å². The smallest absolute Gasteiger partial charge is 0.326 e. The summed E-state index contributed by atoms with van der Waals surface area (Å²) in [4.78, 5) is 51.7. The summed E-state index contributed by atoms with van der Waals surface area (Å²) in [5, 5.41) is 8.02. The van der Waals surface area contributed by atoms with E-state index in [4.69, 9.17) is 0 Å². The number of hydrogen-bond donors (Lipinski definition) is 3. The summed E-state index contributed by atoms with van der Waals surface area (Å²) in [5.74, 6) is -1.47. The van der Waals surface area contributed by atoms with E-state index in [2.05, 4.69) is 16.0 Å². The van der Waals surface area contributed by atoms with Crippen molar-refractivity contribution in [2.75, 3.05) is 13.1 Å². The first-order chi connectivity index (χ1) is 14.9. The van der Waals surface area contributed by atoms with Gasteiger partial charge in [0.2, 0.25) is 11.8 Å². The van der Waals surface area contributed by atoms with Crippen LogP contribution in [0.4, 0.5) is 4.79 Å². The Morgan fingerprint density at radius 3 is 2.06 bits per heavy atom. The molecule has 31 heavy (non-hydrogen) atoms. The second-order valence-electron chi connectivity index (χ2n) is 7.38. The molecule has 0 radical (unpaired) electrons. The molecule has 5 amide bonds. The van der Waals surface area contributed by atoms with Crippen LogP contribution >= 0.6 is 0 Å². The van der Waals surface area contributed by atoms with Gasteiger partial charge in [0.25, 0.3) is 5.91 Å². The molecule has 1 atom stereocenters. The molecule has 1 heterocycles. The van der Waals surface area contributed by atoms with Gasteiger partial charge in [0.05, 0.1) is 0 Å². The molecule has 3 rings (SSSR count). The highest BCUT2D eigenvalue weighted by Gasteiger charge is 2.54. The first kappa shape index (κ1) is 22.0. The number of nitrogens with zero attached hydrogens (tertiary/aromatic N) is 1. The summed E-state index contributed by atoms with van der Waals surface area (Å²) in [7, 11) is 0. The lowest BCUT2D eigenvalue weighted by molar-refractivity contribution is -0.135. The van der Waals surface area contributed by atoms with Crippen molar-refractivity contribution in [2.24, 2.45) is 0 Å². The highest BCUT2D eigenvalue weighted by atomic mass is 16.2. The summed E-state index contributed by atoms with van der Waals surface area (Å²) in [6, 6.07) is 16.4. The summed E-state index contributed by atoms with van der Waals surface area (Å²) >= 11 is 0. The van der Waals surface area contributed by atoms with Crippen LogP contribution in [0.1, 0.15) is 31.4 Å². The van der Waals surface area contributed by atoms with Crippen molar-refractivity contribution < 1.29 is 19.2 Å². The fraction of sp³-hybridized carbons (Fsp3) is 0.304. The molecule has 8 nitrogen and oxygen atoms in total. The predicted octanol–water partition coefficient (Wildman–Crippen LogP) is 1.51. The van der Waals surface area contributed by atoms with Gasteiger partial charge >= 0.3 is 6.03 Å². The van der Waals surface area contributed by atoms with E-state index in [1.807, 2.05) is 19.1 Å². The Balaban J connectivity index is 1.83. The topological polar surface area (TPSA) is 108 Å². The second kappa shape index (κ2) is 9.42. The van der Waals surface area contributed by atoms with Gasteiger partial charge in [0.15, 0.2) is 5.54 Å². The van der Waals surface area contributed by atoms with Gasteiger partial charge in [-0.05, 0) is 24.5 Å². The van der Waals surface area contributed by atoms with Crippen LogP contribution in [0, 0.1) is 0 Å². The molecule has 162 valence electrons. The van der Waals surface area contributed by atoms with Crippen molar-refractivity contribution >= 4 is 23.8 Å². The number of carbonyl (C=O) groups is 4. The highest BCUT2D eigenvalue weighted by molar-refractivity contribution is 6.11. The molecular weight excluding hydrogens is 396 g/mol. The number of urea groups is 1. The molecule has 8 heteroatoms. The zero-order chi connectivity index (χ0) is 22.4. The summed E-state index contributed by atoms with van der Waals surface area (Å²) in [6.45, 7) is 3.49. The van der Waals surface area contributed by atoms with E-state index in [9.17, 15) is 19.2 Å². The quantitative estimate of drug-likeness (QED) is 0.561. The van der Waals surface area contributed by atoms with Crippen LogP contribution in [0.15, 0.2) is 60.7 Å². The van der Waals surface area contributed by atoms with Crippen molar-refractivity contribution in [1.82, 2.24) is 20.9 Å². The largest absolute Gasteiger partial charge is 0.354 e. The maximum atomic E-state index is 13.5. The van der Waals surface area contributed by atoms with Gasteiger partial charge in [-0.3, -0.25) is 19.3 Å². The standard InChI is InChI=1S/C23H26N4O4/c1-3-14-24-20(29)16(2)25-19(28)15-27-21(30)23(26-22(27)31,17-10-6-4-7-11-17)18-12-8-5-9-13-18/h4-13,16H,3,14-15H2,1-2H3,(H,24,29)(H,25,28)(H,26,31)/t16-/m1/s1. The summed E-state index contributed by atoms with van der Waals surface area (Å²) in [6.07, 6.45) is 0.774. The number of carbonyl (C=O) groups excluding carboxylic acids is 4. The molecule has 1 fully saturated rings.